The van der Waals surface area contributed by atoms with E-state index in [9.17, 15) is 19.2 Å². The maximum Gasteiger partial charge on any atom is 0.338 e. The molecule has 3 aromatic heterocycles. The van der Waals surface area contributed by atoms with E-state index in [0.29, 0.717) is 17.2 Å². The highest BCUT2D eigenvalue weighted by Crippen LogP contribution is 2.29. The van der Waals surface area contributed by atoms with Gasteiger partial charge in [-0.2, -0.15) is 0 Å². The minimum atomic E-state index is -0.918. The average Bonchev–Trinajstić information content (AvgIpc) is 3.60. The van der Waals surface area contributed by atoms with Crippen molar-refractivity contribution in [3.8, 4) is 0 Å². The van der Waals surface area contributed by atoms with Crippen molar-refractivity contribution in [2.45, 2.75) is 26.3 Å². The minimum Gasteiger partial charge on any atom is -0.464 e. The molecular formula is C23H22N4O8S. The number of nitrogens with zero attached hydrogens (tertiary/aromatic N) is 1. The van der Waals surface area contributed by atoms with Crippen LogP contribution < -0.4 is 16.0 Å². The van der Waals surface area contributed by atoms with Crippen molar-refractivity contribution in [1.82, 2.24) is 15.6 Å². The highest BCUT2D eigenvalue weighted by molar-refractivity contribution is 7.14. The summed E-state index contributed by atoms with van der Waals surface area (Å²) in [6.45, 7) is 3.10. The van der Waals surface area contributed by atoms with Crippen LogP contribution in [0, 0.1) is 6.92 Å². The lowest BCUT2D eigenvalue weighted by atomic mass is 10.0. The van der Waals surface area contributed by atoms with E-state index in [1.54, 1.807) is 37.4 Å². The number of furan rings is 2. The fraction of sp³-hybridized carbons (Fsp3) is 0.261. The number of carbonyl (C=O) groups excluding carboxylic acids is 4. The quantitative estimate of drug-likeness (QED) is 0.365. The number of ether oxygens (including phenoxy) is 2. The van der Waals surface area contributed by atoms with Gasteiger partial charge in [-0.05, 0) is 38.1 Å². The van der Waals surface area contributed by atoms with Crippen LogP contribution in [0.25, 0.3) is 0 Å². The molecule has 1 aliphatic heterocycles. The predicted molar refractivity (Wildman–Crippen MR) is 125 cm³/mol. The number of esters is 2. The summed E-state index contributed by atoms with van der Waals surface area (Å²) >= 11 is 1.13. The summed E-state index contributed by atoms with van der Waals surface area (Å²) in [4.78, 5) is 53.7. The molecule has 4 rings (SSSR count). The van der Waals surface area contributed by atoms with Gasteiger partial charge in [0.2, 0.25) is 0 Å². The Balaban J connectivity index is 1.43. The van der Waals surface area contributed by atoms with Crippen LogP contribution in [0.2, 0.25) is 0 Å². The highest BCUT2D eigenvalue weighted by atomic mass is 32.1. The van der Waals surface area contributed by atoms with Crippen molar-refractivity contribution in [3.63, 3.8) is 0 Å². The molecule has 3 N–H and O–H groups in total. The number of nitrogens with one attached hydrogen (secondary N) is 3. The summed E-state index contributed by atoms with van der Waals surface area (Å²) < 4.78 is 21.1. The second kappa shape index (κ2) is 10.9. The van der Waals surface area contributed by atoms with Gasteiger partial charge in [-0.1, -0.05) is 0 Å². The van der Waals surface area contributed by atoms with Gasteiger partial charge < -0.3 is 28.9 Å². The molecule has 3 amide bonds. The average molecular weight is 515 g/mol. The first kappa shape index (κ1) is 24.7. The zero-order valence-corrected chi connectivity index (χ0v) is 20.1. The zero-order chi connectivity index (χ0) is 25.7. The van der Waals surface area contributed by atoms with E-state index < -0.39 is 29.9 Å². The molecule has 188 valence electrons. The van der Waals surface area contributed by atoms with E-state index in [-0.39, 0.29) is 41.8 Å². The fourth-order valence-corrected chi connectivity index (χ4v) is 4.07. The van der Waals surface area contributed by atoms with Crippen LogP contribution >= 0.6 is 11.3 Å². The predicted octanol–water partition coefficient (Wildman–Crippen LogP) is 2.85. The Morgan fingerprint density at radius 3 is 2.75 bits per heavy atom. The van der Waals surface area contributed by atoms with Crippen molar-refractivity contribution >= 4 is 40.3 Å². The van der Waals surface area contributed by atoms with Gasteiger partial charge in [0.05, 0.1) is 36.3 Å². The molecule has 0 radical (unpaired) electrons. The highest BCUT2D eigenvalue weighted by Gasteiger charge is 2.36. The van der Waals surface area contributed by atoms with Crippen LogP contribution in [0.1, 0.15) is 40.7 Å². The molecule has 36 heavy (non-hydrogen) atoms. The maximum absolute atomic E-state index is 12.7. The van der Waals surface area contributed by atoms with Crippen molar-refractivity contribution in [3.05, 3.63) is 70.2 Å². The second-order valence-electron chi connectivity index (χ2n) is 7.51. The molecule has 0 bridgehead atoms. The third-order valence-electron chi connectivity index (χ3n) is 4.91. The van der Waals surface area contributed by atoms with Gasteiger partial charge in [0, 0.05) is 5.38 Å². The molecule has 13 heteroatoms. The molecular weight excluding hydrogens is 492 g/mol. The number of rotatable bonds is 9. The summed E-state index contributed by atoms with van der Waals surface area (Å²) in [5.41, 5.74) is 0.516. The zero-order valence-electron chi connectivity index (χ0n) is 19.3. The third kappa shape index (κ3) is 5.81. The van der Waals surface area contributed by atoms with Crippen molar-refractivity contribution < 1.29 is 37.5 Å². The Hall–Kier alpha value is -4.39. The van der Waals surface area contributed by atoms with Crippen LogP contribution in [-0.2, 0) is 25.5 Å². The molecule has 0 spiro atoms. The van der Waals surface area contributed by atoms with Gasteiger partial charge in [-0.3, -0.25) is 14.9 Å². The van der Waals surface area contributed by atoms with E-state index in [2.05, 4.69) is 20.9 Å². The number of carbonyl (C=O) groups is 4. The van der Waals surface area contributed by atoms with E-state index in [1.807, 2.05) is 0 Å². The van der Waals surface area contributed by atoms with Gasteiger partial charge in [0.25, 0.3) is 5.91 Å². The van der Waals surface area contributed by atoms with E-state index >= 15 is 0 Å². The van der Waals surface area contributed by atoms with Crippen molar-refractivity contribution in [2.24, 2.45) is 0 Å². The fourth-order valence-electron chi connectivity index (χ4n) is 3.37. The van der Waals surface area contributed by atoms with Gasteiger partial charge in [0.1, 0.15) is 24.2 Å². The maximum atomic E-state index is 12.7. The van der Waals surface area contributed by atoms with Crippen LogP contribution in [0.4, 0.5) is 9.93 Å². The molecule has 12 nitrogen and oxygen atoms in total. The van der Waals surface area contributed by atoms with Gasteiger partial charge >= 0.3 is 18.0 Å². The molecule has 0 fully saturated rings. The molecule has 0 aliphatic carbocycles. The monoisotopic (exact) mass is 514 g/mol. The van der Waals surface area contributed by atoms with Gasteiger partial charge in [-0.25, -0.2) is 14.6 Å². The molecule has 4 heterocycles. The summed E-state index contributed by atoms with van der Waals surface area (Å²) in [5, 5.41) is 9.61. The summed E-state index contributed by atoms with van der Waals surface area (Å²) in [5.74, 6) is -0.754. The first-order valence-corrected chi connectivity index (χ1v) is 11.7. The summed E-state index contributed by atoms with van der Waals surface area (Å²) in [6.07, 6.45) is 1.19. The molecule has 1 aliphatic rings. The smallest absolute Gasteiger partial charge is 0.338 e. The number of thiazole rings is 1. The van der Waals surface area contributed by atoms with Crippen molar-refractivity contribution in [2.75, 3.05) is 18.5 Å². The van der Waals surface area contributed by atoms with Crippen LogP contribution in [0.15, 0.2) is 56.0 Å². The number of anilines is 1. The Kier molecular flexibility index (Phi) is 7.49. The SMILES string of the molecule is CCOC(=O)C1=C(COC(=O)Cc2csc(NC(=O)c3ccco3)n2)NC(=O)N[C@H]1c1ccc(C)o1. The molecule has 1 atom stereocenters. The number of aromatic nitrogens is 1. The Bertz CT molecular complexity index is 1310. The number of hydrogen-bond acceptors (Lipinski definition) is 10. The first-order valence-electron chi connectivity index (χ1n) is 10.8. The lowest BCUT2D eigenvalue weighted by Gasteiger charge is -2.27. The molecule has 0 aromatic carbocycles. The lowest BCUT2D eigenvalue weighted by molar-refractivity contribution is -0.143. The topological polar surface area (TPSA) is 162 Å². The Morgan fingerprint density at radius 2 is 2.06 bits per heavy atom. The van der Waals surface area contributed by atoms with Gasteiger partial charge in [0.15, 0.2) is 10.9 Å². The summed E-state index contributed by atoms with van der Waals surface area (Å²) in [6, 6.07) is 4.93. The molecule has 0 saturated carbocycles. The number of urea groups is 1. The van der Waals surface area contributed by atoms with Crippen LogP contribution in [-0.4, -0.2) is 42.1 Å². The molecule has 0 saturated heterocycles. The van der Waals surface area contributed by atoms with Crippen LogP contribution in [0.5, 0.6) is 0 Å². The summed E-state index contributed by atoms with van der Waals surface area (Å²) in [7, 11) is 0. The second-order valence-corrected chi connectivity index (χ2v) is 8.36. The van der Waals surface area contributed by atoms with E-state index in [0.717, 1.165) is 11.3 Å². The number of aryl methyl sites for hydroxylation is 1. The standard InChI is InChI=1S/C23H22N4O8S/c1-3-32-21(30)18-14(25-22(31)26-19(18)15-7-6-12(2)35-15)10-34-17(28)9-13-11-36-23(24-13)27-20(29)16-5-4-8-33-16/h4-8,11,19H,3,9-10H2,1-2H3,(H,24,27,29)(H2,25,26,31)/t19-/m0/s1. The number of amides is 3. The largest absolute Gasteiger partial charge is 0.464 e. The lowest BCUT2D eigenvalue weighted by Crippen LogP contribution is -2.47. The van der Waals surface area contributed by atoms with Crippen molar-refractivity contribution in [1.29, 1.82) is 0 Å². The van der Waals surface area contributed by atoms with Gasteiger partial charge in [-0.15, -0.1) is 11.3 Å². The van der Waals surface area contributed by atoms with Crippen LogP contribution in [0.3, 0.4) is 0 Å². The normalized spacial score (nSPS) is 15.2. The third-order valence-corrected chi connectivity index (χ3v) is 5.72. The van der Waals surface area contributed by atoms with E-state index in [1.165, 1.54) is 12.3 Å². The van der Waals surface area contributed by atoms with E-state index in [4.69, 9.17) is 18.3 Å². The minimum absolute atomic E-state index is 0.0650. The Labute approximate surface area is 208 Å². The number of hydrogen-bond donors (Lipinski definition) is 3. The first-order chi connectivity index (χ1) is 17.3. The molecule has 3 aromatic rings. The molecule has 0 unspecified atom stereocenters. The Morgan fingerprint density at radius 1 is 1.22 bits per heavy atom.